The minimum Gasteiger partial charge on any atom is -0.412 e. The minimum atomic E-state index is -1.78. The average molecular weight is 309 g/mol. The van der Waals surface area contributed by atoms with Crippen LogP contribution in [0.2, 0.25) is 16.1 Å². The van der Waals surface area contributed by atoms with E-state index in [4.69, 9.17) is 4.43 Å². The zero-order chi connectivity index (χ0) is 15.5. The zero-order valence-corrected chi connectivity index (χ0v) is 15.8. The molecule has 0 aromatic carbocycles. The molecule has 1 nitrogen and oxygen atoms in total. The highest BCUT2D eigenvalue weighted by molar-refractivity contribution is 6.79. The summed E-state index contributed by atoms with van der Waals surface area (Å²) >= 11 is 0. The fraction of sp³-hybridized carbons (Fsp3) is 0.895. The summed E-state index contributed by atoms with van der Waals surface area (Å²) in [6.45, 7) is 14.5. The molecule has 2 rings (SSSR count). The minimum absolute atomic E-state index is 0.395. The van der Waals surface area contributed by atoms with Gasteiger partial charge < -0.3 is 4.43 Å². The lowest BCUT2D eigenvalue weighted by Gasteiger charge is -2.52. The largest absolute Gasteiger partial charge is 0.412 e. The molecule has 2 saturated carbocycles. The molecule has 21 heavy (non-hydrogen) atoms. The lowest BCUT2D eigenvalue weighted by atomic mass is 10.1. The molecule has 0 radical (unpaired) electrons. The Labute approximate surface area is 133 Å². The smallest absolute Gasteiger partial charge is 0.204 e. The first-order valence-corrected chi connectivity index (χ1v) is 11.3. The Morgan fingerprint density at radius 2 is 1.48 bits per heavy atom. The first kappa shape index (κ1) is 17.3. The van der Waals surface area contributed by atoms with Crippen molar-refractivity contribution in [2.24, 2.45) is 0 Å². The van der Waals surface area contributed by atoms with Crippen LogP contribution in [0.25, 0.3) is 0 Å². The summed E-state index contributed by atoms with van der Waals surface area (Å²) in [6, 6.07) is 0. The van der Waals surface area contributed by atoms with Crippen LogP contribution >= 0.6 is 0 Å². The molecule has 0 heterocycles. The van der Waals surface area contributed by atoms with Gasteiger partial charge in [-0.15, -0.1) is 0 Å². The molecule has 2 aliphatic rings. The van der Waals surface area contributed by atoms with E-state index in [2.05, 4.69) is 34.3 Å². The standard InChI is InChI=1S/C19H36OSi/c1-6-19(4,5)21(20-15-16(2)3,17-11-7-8-12-17)18-13-9-10-14-18/h17-18H,2,6-15H2,1,3-5H3. The summed E-state index contributed by atoms with van der Waals surface area (Å²) in [5.41, 5.74) is 3.00. The van der Waals surface area contributed by atoms with Crippen molar-refractivity contribution in [3.8, 4) is 0 Å². The van der Waals surface area contributed by atoms with Crippen LogP contribution in [0, 0.1) is 0 Å². The van der Waals surface area contributed by atoms with E-state index < -0.39 is 8.32 Å². The lowest BCUT2D eigenvalue weighted by molar-refractivity contribution is 0.275. The third-order valence-electron chi connectivity index (χ3n) is 6.42. The quantitative estimate of drug-likeness (QED) is 0.380. The van der Waals surface area contributed by atoms with Gasteiger partial charge in [-0.1, -0.05) is 90.7 Å². The second-order valence-corrected chi connectivity index (χ2v) is 13.1. The molecule has 2 aliphatic carbocycles. The molecule has 0 atom stereocenters. The maximum absolute atomic E-state index is 6.95. The van der Waals surface area contributed by atoms with Crippen molar-refractivity contribution in [1.29, 1.82) is 0 Å². The number of hydrogen-bond acceptors (Lipinski definition) is 1. The van der Waals surface area contributed by atoms with Crippen molar-refractivity contribution in [1.82, 2.24) is 0 Å². The Hall–Kier alpha value is -0.0831. The molecular formula is C19H36OSi. The second kappa shape index (κ2) is 7.00. The van der Waals surface area contributed by atoms with Gasteiger partial charge in [-0.25, -0.2) is 0 Å². The van der Waals surface area contributed by atoms with Gasteiger partial charge >= 0.3 is 0 Å². The monoisotopic (exact) mass is 308 g/mol. The highest BCUT2D eigenvalue weighted by Gasteiger charge is 2.59. The molecule has 0 aliphatic heterocycles. The molecule has 0 aromatic heterocycles. The van der Waals surface area contributed by atoms with Gasteiger partial charge in [0.15, 0.2) is 0 Å². The van der Waals surface area contributed by atoms with E-state index in [0.29, 0.717) is 5.04 Å². The Kier molecular flexibility index (Phi) is 5.75. The van der Waals surface area contributed by atoms with Crippen molar-refractivity contribution in [3.63, 3.8) is 0 Å². The first-order valence-electron chi connectivity index (χ1n) is 9.22. The summed E-state index contributed by atoms with van der Waals surface area (Å²) in [5.74, 6) is 0. The van der Waals surface area contributed by atoms with Gasteiger partial charge in [-0.05, 0) is 23.0 Å². The summed E-state index contributed by atoms with van der Waals surface area (Å²) in [5, 5.41) is 0.395. The van der Waals surface area contributed by atoms with Crippen LogP contribution in [-0.4, -0.2) is 14.9 Å². The first-order chi connectivity index (χ1) is 9.94. The van der Waals surface area contributed by atoms with Crippen molar-refractivity contribution in [2.45, 2.75) is 102 Å². The van der Waals surface area contributed by atoms with Crippen LogP contribution in [0.4, 0.5) is 0 Å². The Morgan fingerprint density at radius 1 is 1.05 bits per heavy atom. The molecule has 0 amide bonds. The Morgan fingerprint density at radius 3 is 1.81 bits per heavy atom. The van der Waals surface area contributed by atoms with E-state index in [0.717, 1.165) is 17.7 Å². The van der Waals surface area contributed by atoms with Gasteiger partial charge in [0, 0.05) is 0 Å². The molecule has 0 aromatic rings. The van der Waals surface area contributed by atoms with Crippen LogP contribution in [0.3, 0.4) is 0 Å². The van der Waals surface area contributed by atoms with Crippen LogP contribution in [-0.2, 0) is 4.43 Å². The number of rotatable bonds is 7. The molecule has 0 bridgehead atoms. The van der Waals surface area contributed by atoms with E-state index in [-0.39, 0.29) is 0 Å². The second-order valence-electron chi connectivity index (χ2n) is 8.24. The summed E-state index contributed by atoms with van der Waals surface area (Å²) in [4.78, 5) is 0. The molecule has 0 N–H and O–H groups in total. The molecule has 0 unspecified atom stereocenters. The molecular weight excluding hydrogens is 272 g/mol. The van der Waals surface area contributed by atoms with Crippen LogP contribution in [0.5, 0.6) is 0 Å². The highest BCUT2D eigenvalue weighted by atomic mass is 28.4. The van der Waals surface area contributed by atoms with Gasteiger partial charge in [0.1, 0.15) is 0 Å². The van der Waals surface area contributed by atoms with Crippen molar-refractivity contribution < 1.29 is 4.43 Å². The zero-order valence-electron chi connectivity index (χ0n) is 14.8. The van der Waals surface area contributed by atoms with Crippen LogP contribution in [0.1, 0.15) is 85.5 Å². The summed E-state index contributed by atoms with van der Waals surface area (Å²) in [7, 11) is -1.78. The Balaban J connectivity index is 2.37. The third kappa shape index (κ3) is 3.31. The topological polar surface area (TPSA) is 9.23 Å². The fourth-order valence-electron chi connectivity index (χ4n) is 5.10. The van der Waals surface area contributed by atoms with E-state index >= 15 is 0 Å². The van der Waals surface area contributed by atoms with E-state index in [1.807, 2.05) is 0 Å². The highest BCUT2D eigenvalue weighted by Crippen LogP contribution is 2.61. The predicted molar refractivity (Wildman–Crippen MR) is 95.3 cm³/mol. The molecule has 2 heteroatoms. The SMILES string of the molecule is C=C(C)CO[Si](C1CCCC1)(C1CCCC1)C(C)(C)CC. The van der Waals surface area contributed by atoms with Crippen LogP contribution in [0.15, 0.2) is 12.2 Å². The molecule has 0 spiro atoms. The summed E-state index contributed by atoms with van der Waals surface area (Å²) < 4.78 is 6.95. The average Bonchev–Trinajstić information content (AvgIpc) is 3.12. The lowest BCUT2D eigenvalue weighted by Crippen LogP contribution is -2.55. The predicted octanol–water partition coefficient (Wildman–Crippen LogP) is 6.60. The van der Waals surface area contributed by atoms with Crippen molar-refractivity contribution in [3.05, 3.63) is 12.2 Å². The van der Waals surface area contributed by atoms with Gasteiger partial charge in [0.2, 0.25) is 8.32 Å². The summed E-state index contributed by atoms with van der Waals surface area (Å²) in [6.07, 6.45) is 12.7. The fourth-order valence-corrected chi connectivity index (χ4v) is 12.4. The van der Waals surface area contributed by atoms with Gasteiger partial charge in [-0.3, -0.25) is 0 Å². The van der Waals surface area contributed by atoms with E-state index in [1.54, 1.807) is 0 Å². The number of hydrogen-bond donors (Lipinski definition) is 0. The van der Waals surface area contributed by atoms with Gasteiger partial charge in [-0.2, -0.15) is 0 Å². The van der Waals surface area contributed by atoms with Gasteiger partial charge in [0.25, 0.3) is 0 Å². The van der Waals surface area contributed by atoms with Gasteiger partial charge in [0.05, 0.1) is 6.61 Å². The maximum atomic E-state index is 6.95. The Bertz CT molecular complexity index is 333. The van der Waals surface area contributed by atoms with Crippen molar-refractivity contribution in [2.75, 3.05) is 6.61 Å². The molecule has 122 valence electrons. The maximum Gasteiger partial charge on any atom is 0.204 e. The molecule has 0 saturated heterocycles. The normalized spacial score (nSPS) is 22.1. The molecule has 2 fully saturated rings. The van der Waals surface area contributed by atoms with Crippen molar-refractivity contribution >= 4 is 8.32 Å². The van der Waals surface area contributed by atoms with Crippen LogP contribution < -0.4 is 0 Å². The van der Waals surface area contributed by atoms with E-state index in [1.165, 1.54) is 63.4 Å². The third-order valence-corrected chi connectivity index (χ3v) is 13.1. The van der Waals surface area contributed by atoms with E-state index in [9.17, 15) is 0 Å².